The fourth-order valence-corrected chi connectivity index (χ4v) is 3.18. The standard InChI is InChI=1S/C16H10N4O6S2/c21-15-9-28-16(27)18(15)17-8-10-2-1-3-12(6-10)26-14-5-4-11(19(22)23)7-13(14)20(24)25/h1-8H,9H2/b17-8+. The van der Waals surface area contributed by atoms with Crippen LogP contribution < -0.4 is 4.74 Å². The van der Waals surface area contributed by atoms with Crippen LogP contribution in [0.25, 0.3) is 0 Å². The molecule has 0 N–H and O–H groups in total. The number of benzene rings is 2. The Balaban J connectivity index is 1.83. The van der Waals surface area contributed by atoms with Gasteiger partial charge in [0.25, 0.3) is 11.6 Å². The lowest BCUT2D eigenvalue weighted by atomic mass is 10.2. The number of thiocarbonyl (C=S) groups is 1. The predicted molar refractivity (Wildman–Crippen MR) is 106 cm³/mol. The molecule has 1 fully saturated rings. The van der Waals surface area contributed by atoms with E-state index in [-0.39, 0.29) is 23.2 Å². The van der Waals surface area contributed by atoms with Crippen LogP contribution in [0.4, 0.5) is 11.4 Å². The maximum atomic E-state index is 11.7. The molecule has 1 aliphatic heterocycles. The Morgan fingerprint density at radius 2 is 1.96 bits per heavy atom. The van der Waals surface area contributed by atoms with E-state index in [0.29, 0.717) is 9.88 Å². The molecule has 0 aliphatic carbocycles. The summed E-state index contributed by atoms with van der Waals surface area (Å²) >= 11 is 6.25. The van der Waals surface area contributed by atoms with E-state index in [4.69, 9.17) is 17.0 Å². The SMILES string of the molecule is O=C1CSC(=S)N1/N=C/c1cccc(Oc2ccc([N+](=O)[O-])cc2[N+](=O)[O-])c1. The van der Waals surface area contributed by atoms with Crippen molar-refractivity contribution in [3.8, 4) is 11.5 Å². The van der Waals surface area contributed by atoms with Gasteiger partial charge in [0.15, 0.2) is 4.32 Å². The maximum Gasteiger partial charge on any atom is 0.318 e. The van der Waals surface area contributed by atoms with Crippen LogP contribution in [0.5, 0.6) is 11.5 Å². The number of rotatable bonds is 6. The monoisotopic (exact) mass is 418 g/mol. The fourth-order valence-electron chi connectivity index (χ4n) is 2.22. The Hall–Kier alpha value is -3.38. The van der Waals surface area contributed by atoms with Crippen LogP contribution in [0.15, 0.2) is 47.6 Å². The Labute approximate surface area is 167 Å². The minimum atomic E-state index is -0.759. The van der Waals surface area contributed by atoms with Gasteiger partial charge in [-0.25, -0.2) is 0 Å². The van der Waals surface area contributed by atoms with E-state index in [9.17, 15) is 25.0 Å². The molecule has 0 unspecified atom stereocenters. The second-order valence-electron chi connectivity index (χ2n) is 5.35. The summed E-state index contributed by atoms with van der Waals surface area (Å²) in [6.45, 7) is 0. The number of nitrogens with zero attached hydrogens (tertiary/aromatic N) is 4. The van der Waals surface area contributed by atoms with Crippen molar-refractivity contribution in [1.29, 1.82) is 0 Å². The van der Waals surface area contributed by atoms with E-state index in [1.165, 1.54) is 18.0 Å². The fraction of sp³-hybridized carbons (Fsp3) is 0.0625. The van der Waals surface area contributed by atoms with Gasteiger partial charge in [-0.05, 0) is 23.8 Å². The number of non-ortho nitro benzene ring substituents is 1. The highest BCUT2D eigenvalue weighted by Gasteiger charge is 2.26. The number of ether oxygens (including phenoxy) is 1. The van der Waals surface area contributed by atoms with Crippen LogP contribution >= 0.6 is 24.0 Å². The first-order valence-corrected chi connectivity index (χ1v) is 8.99. The summed E-state index contributed by atoms with van der Waals surface area (Å²) in [7, 11) is 0. The van der Waals surface area contributed by atoms with Gasteiger partial charge in [-0.1, -0.05) is 36.1 Å². The van der Waals surface area contributed by atoms with Gasteiger partial charge in [0, 0.05) is 6.07 Å². The zero-order valence-electron chi connectivity index (χ0n) is 13.9. The molecular weight excluding hydrogens is 408 g/mol. The molecular formula is C16H10N4O6S2. The first-order chi connectivity index (χ1) is 13.3. The van der Waals surface area contributed by atoms with Crippen LogP contribution in [-0.2, 0) is 4.79 Å². The molecule has 1 amide bonds. The topological polar surface area (TPSA) is 128 Å². The highest BCUT2D eigenvalue weighted by atomic mass is 32.2. The quantitative estimate of drug-likeness (QED) is 0.302. The lowest BCUT2D eigenvalue weighted by Crippen LogP contribution is -2.22. The summed E-state index contributed by atoms with van der Waals surface area (Å²) < 4.78 is 5.88. The second kappa shape index (κ2) is 8.10. The van der Waals surface area contributed by atoms with Crippen molar-refractivity contribution in [2.75, 3.05) is 5.75 Å². The molecule has 0 bridgehead atoms. The highest BCUT2D eigenvalue weighted by molar-refractivity contribution is 8.23. The number of amides is 1. The number of thioether (sulfide) groups is 1. The molecule has 0 spiro atoms. The summed E-state index contributed by atoms with van der Waals surface area (Å²) in [5, 5.41) is 27.2. The van der Waals surface area contributed by atoms with E-state index in [0.717, 1.165) is 23.2 Å². The number of hydrazone groups is 1. The molecule has 1 aliphatic rings. The van der Waals surface area contributed by atoms with Crippen molar-refractivity contribution in [2.45, 2.75) is 0 Å². The van der Waals surface area contributed by atoms with Crippen molar-refractivity contribution in [1.82, 2.24) is 5.01 Å². The average Bonchev–Trinajstić information content (AvgIpc) is 2.98. The summed E-state index contributed by atoms with van der Waals surface area (Å²) in [4.78, 5) is 32.2. The molecule has 0 saturated carbocycles. The molecule has 142 valence electrons. The molecule has 2 aromatic rings. The zero-order chi connectivity index (χ0) is 20.3. The third kappa shape index (κ3) is 4.29. The number of carbonyl (C=O) groups is 1. The van der Waals surface area contributed by atoms with E-state index in [2.05, 4.69) is 5.10 Å². The Morgan fingerprint density at radius 3 is 2.61 bits per heavy atom. The van der Waals surface area contributed by atoms with Gasteiger partial charge in [-0.3, -0.25) is 25.0 Å². The van der Waals surface area contributed by atoms with E-state index in [1.54, 1.807) is 24.3 Å². The molecule has 10 nitrogen and oxygen atoms in total. The minimum absolute atomic E-state index is 0.142. The summed E-state index contributed by atoms with van der Waals surface area (Å²) in [6.07, 6.45) is 1.41. The van der Waals surface area contributed by atoms with Crippen LogP contribution in [0.3, 0.4) is 0 Å². The van der Waals surface area contributed by atoms with Gasteiger partial charge in [-0.15, -0.1) is 0 Å². The smallest absolute Gasteiger partial charge is 0.318 e. The van der Waals surface area contributed by atoms with Gasteiger partial charge in [0.1, 0.15) is 5.75 Å². The largest absolute Gasteiger partial charge is 0.450 e. The lowest BCUT2D eigenvalue weighted by molar-refractivity contribution is -0.394. The third-order valence-corrected chi connectivity index (χ3v) is 4.82. The first kappa shape index (κ1) is 19.4. The van der Waals surface area contributed by atoms with Gasteiger partial charge in [0.2, 0.25) is 5.75 Å². The maximum absolute atomic E-state index is 11.7. The van der Waals surface area contributed by atoms with Crippen LogP contribution in [0, 0.1) is 20.2 Å². The van der Waals surface area contributed by atoms with Crippen LogP contribution in [0.2, 0.25) is 0 Å². The first-order valence-electron chi connectivity index (χ1n) is 7.59. The minimum Gasteiger partial charge on any atom is -0.450 e. The van der Waals surface area contributed by atoms with Crippen LogP contribution in [0.1, 0.15) is 5.56 Å². The highest BCUT2D eigenvalue weighted by Crippen LogP contribution is 2.34. The molecule has 12 heteroatoms. The Kier molecular flexibility index (Phi) is 5.61. The molecule has 0 radical (unpaired) electrons. The molecule has 28 heavy (non-hydrogen) atoms. The molecule has 3 rings (SSSR count). The van der Waals surface area contributed by atoms with Gasteiger partial charge in [-0.2, -0.15) is 10.1 Å². The van der Waals surface area contributed by atoms with Crippen molar-refractivity contribution in [2.24, 2.45) is 5.10 Å². The zero-order valence-corrected chi connectivity index (χ0v) is 15.5. The predicted octanol–water partition coefficient (Wildman–Crippen LogP) is 3.49. The summed E-state index contributed by atoms with van der Waals surface area (Å²) in [5.41, 5.74) is -0.378. The number of nitro groups is 2. The Morgan fingerprint density at radius 1 is 1.18 bits per heavy atom. The van der Waals surface area contributed by atoms with Gasteiger partial charge < -0.3 is 4.74 Å². The van der Waals surface area contributed by atoms with Crippen LogP contribution in [-0.4, -0.2) is 37.1 Å². The number of hydrogen-bond donors (Lipinski definition) is 0. The van der Waals surface area contributed by atoms with E-state index >= 15 is 0 Å². The lowest BCUT2D eigenvalue weighted by Gasteiger charge is -2.08. The summed E-state index contributed by atoms with van der Waals surface area (Å²) in [5.74, 6) is 0.131. The normalized spacial score (nSPS) is 13.9. The van der Waals surface area contributed by atoms with Crippen molar-refractivity contribution >= 4 is 51.8 Å². The van der Waals surface area contributed by atoms with E-state index < -0.39 is 21.2 Å². The van der Waals surface area contributed by atoms with E-state index in [1.807, 2.05) is 0 Å². The molecule has 0 atom stereocenters. The second-order valence-corrected chi connectivity index (χ2v) is 6.95. The number of nitro benzene ring substituents is 2. The number of hydrogen-bond acceptors (Lipinski definition) is 9. The third-order valence-electron chi connectivity index (χ3n) is 3.49. The van der Waals surface area contributed by atoms with Gasteiger partial charge in [0.05, 0.1) is 27.9 Å². The Bertz CT molecular complexity index is 1010. The molecule has 2 aromatic carbocycles. The molecule has 1 saturated heterocycles. The summed E-state index contributed by atoms with van der Waals surface area (Å²) in [6, 6.07) is 9.54. The van der Waals surface area contributed by atoms with Crippen molar-refractivity contribution in [3.05, 3.63) is 68.3 Å². The van der Waals surface area contributed by atoms with Crippen molar-refractivity contribution < 1.29 is 19.4 Å². The molecule has 1 heterocycles. The molecule has 0 aromatic heterocycles. The van der Waals surface area contributed by atoms with Gasteiger partial charge >= 0.3 is 5.69 Å². The average molecular weight is 418 g/mol. The number of carbonyl (C=O) groups excluding carboxylic acids is 1. The van der Waals surface area contributed by atoms with Crippen molar-refractivity contribution in [3.63, 3.8) is 0 Å².